The van der Waals surface area contributed by atoms with Gasteiger partial charge in [0.2, 0.25) is 0 Å². The van der Waals surface area contributed by atoms with Crippen LogP contribution in [0.5, 0.6) is 0 Å². The highest BCUT2D eigenvalue weighted by Crippen LogP contribution is 2.41. The molecule has 3 aromatic rings. The van der Waals surface area contributed by atoms with Gasteiger partial charge in [0.25, 0.3) is 10.0 Å². The van der Waals surface area contributed by atoms with Crippen LogP contribution in [0.25, 0.3) is 0 Å². The Kier molecular flexibility index (Phi) is 5.78. The number of aryl methyl sites for hydroxylation is 3. The second kappa shape index (κ2) is 8.72. The Hall–Kier alpha value is -2.63. The number of sulfonamides is 1. The third-order valence-electron chi connectivity index (χ3n) is 6.84. The molecule has 1 unspecified atom stereocenters. The molecule has 0 aromatic heterocycles. The Morgan fingerprint density at radius 1 is 0.969 bits per heavy atom. The summed E-state index contributed by atoms with van der Waals surface area (Å²) in [5.74, 6) is 0. The normalized spacial score (nSPS) is 17.8. The molecule has 0 saturated carbocycles. The van der Waals surface area contributed by atoms with Crippen LogP contribution in [0.3, 0.4) is 0 Å². The fourth-order valence-electron chi connectivity index (χ4n) is 5.38. The van der Waals surface area contributed by atoms with Crippen LogP contribution in [0.2, 0.25) is 0 Å². The van der Waals surface area contributed by atoms with Crippen LogP contribution in [0.1, 0.15) is 46.7 Å². The Balaban J connectivity index is 1.27. The Bertz CT molecular complexity index is 1240. The molecule has 5 rings (SSSR count). The molecule has 5 heteroatoms. The van der Waals surface area contributed by atoms with Crippen LogP contribution in [-0.4, -0.2) is 26.4 Å². The first-order chi connectivity index (χ1) is 15.5. The van der Waals surface area contributed by atoms with Crippen LogP contribution < -0.4 is 4.72 Å². The zero-order chi connectivity index (χ0) is 22.1. The fraction of sp³-hybridized carbons (Fsp3) is 0.333. The zero-order valence-corrected chi connectivity index (χ0v) is 19.4. The number of nitrogens with one attached hydrogen (secondary N) is 1. The van der Waals surface area contributed by atoms with Crippen molar-refractivity contribution in [2.45, 2.75) is 50.0 Å². The standard InChI is InChI=1S/C27H30N2O2S/c1-20-7-4-12-24(19-20)28-32(30,31)26-13-3-2-8-21(26)11-6-17-29-18-16-23-10-5-9-22-14-15-25(29)27(22)23/h2-5,7-10,12-13,19,25,28H,6,11,14-18H2,1H3. The molecule has 1 atom stereocenters. The molecule has 0 radical (unpaired) electrons. The summed E-state index contributed by atoms with van der Waals surface area (Å²) in [6, 6.07) is 22.2. The summed E-state index contributed by atoms with van der Waals surface area (Å²) in [7, 11) is -3.63. The number of nitrogens with zero attached hydrogens (tertiary/aromatic N) is 1. The summed E-state index contributed by atoms with van der Waals surface area (Å²) in [6.45, 7) is 4.05. The number of hydrogen-bond donors (Lipinski definition) is 1. The van der Waals surface area contributed by atoms with Crippen molar-refractivity contribution in [3.05, 3.63) is 94.5 Å². The average Bonchev–Trinajstić information content (AvgIpc) is 3.21. The SMILES string of the molecule is Cc1cccc(NS(=O)(=O)c2ccccc2CCCN2CCc3cccc4c3C2CC4)c1. The van der Waals surface area contributed by atoms with Gasteiger partial charge in [0.1, 0.15) is 0 Å². The molecule has 0 saturated heterocycles. The summed E-state index contributed by atoms with van der Waals surface area (Å²) >= 11 is 0. The van der Waals surface area contributed by atoms with Crippen LogP contribution in [0.15, 0.2) is 71.6 Å². The van der Waals surface area contributed by atoms with E-state index in [0.29, 0.717) is 16.6 Å². The third-order valence-corrected chi connectivity index (χ3v) is 8.32. The van der Waals surface area contributed by atoms with Crippen molar-refractivity contribution in [2.75, 3.05) is 17.8 Å². The van der Waals surface area contributed by atoms with E-state index in [0.717, 1.165) is 43.5 Å². The van der Waals surface area contributed by atoms with Crippen molar-refractivity contribution in [1.82, 2.24) is 4.90 Å². The molecule has 4 nitrogen and oxygen atoms in total. The van der Waals surface area contributed by atoms with E-state index in [2.05, 4.69) is 27.8 Å². The first kappa shape index (κ1) is 21.2. The Morgan fingerprint density at radius 3 is 2.59 bits per heavy atom. The lowest BCUT2D eigenvalue weighted by molar-refractivity contribution is 0.183. The van der Waals surface area contributed by atoms with E-state index in [1.54, 1.807) is 23.8 Å². The van der Waals surface area contributed by atoms with E-state index in [9.17, 15) is 8.42 Å². The van der Waals surface area contributed by atoms with E-state index < -0.39 is 10.0 Å². The van der Waals surface area contributed by atoms with Crippen molar-refractivity contribution in [2.24, 2.45) is 0 Å². The smallest absolute Gasteiger partial charge is 0.262 e. The van der Waals surface area contributed by atoms with E-state index in [1.165, 1.54) is 24.0 Å². The fourth-order valence-corrected chi connectivity index (χ4v) is 6.70. The van der Waals surface area contributed by atoms with Crippen molar-refractivity contribution >= 4 is 15.7 Å². The number of hydrogen-bond acceptors (Lipinski definition) is 3. The molecular formula is C27H30N2O2S. The maximum Gasteiger partial charge on any atom is 0.262 e. The lowest BCUT2D eigenvalue weighted by atomic mass is 9.93. The topological polar surface area (TPSA) is 49.4 Å². The first-order valence-electron chi connectivity index (χ1n) is 11.5. The highest BCUT2D eigenvalue weighted by atomic mass is 32.2. The molecule has 1 aliphatic carbocycles. The van der Waals surface area contributed by atoms with Crippen molar-refractivity contribution in [1.29, 1.82) is 0 Å². The highest BCUT2D eigenvalue weighted by Gasteiger charge is 2.32. The summed E-state index contributed by atoms with van der Waals surface area (Å²) in [6.07, 6.45) is 5.20. The van der Waals surface area contributed by atoms with Crippen molar-refractivity contribution < 1.29 is 8.42 Å². The van der Waals surface area contributed by atoms with Gasteiger partial charge in [-0.3, -0.25) is 9.62 Å². The van der Waals surface area contributed by atoms with Crippen LogP contribution >= 0.6 is 0 Å². The minimum atomic E-state index is -3.63. The van der Waals surface area contributed by atoms with Gasteiger partial charge in [-0.1, -0.05) is 48.5 Å². The van der Waals surface area contributed by atoms with E-state index in [4.69, 9.17) is 0 Å². The molecule has 1 aliphatic heterocycles. The summed E-state index contributed by atoms with van der Waals surface area (Å²) in [5, 5.41) is 0. The molecule has 32 heavy (non-hydrogen) atoms. The lowest BCUT2D eigenvalue weighted by Crippen LogP contribution is -2.35. The molecule has 0 amide bonds. The summed E-state index contributed by atoms with van der Waals surface area (Å²) in [5.41, 5.74) is 7.14. The average molecular weight is 447 g/mol. The van der Waals surface area contributed by atoms with Gasteiger partial charge in [-0.25, -0.2) is 8.42 Å². The number of rotatable bonds is 7. The lowest BCUT2D eigenvalue weighted by Gasteiger charge is -2.35. The Morgan fingerprint density at radius 2 is 1.75 bits per heavy atom. The van der Waals surface area contributed by atoms with Crippen molar-refractivity contribution in [3.8, 4) is 0 Å². The van der Waals surface area contributed by atoms with Gasteiger partial charge in [0, 0.05) is 18.3 Å². The quantitative estimate of drug-likeness (QED) is 0.538. The molecule has 0 fully saturated rings. The van der Waals surface area contributed by atoms with Gasteiger partial charge >= 0.3 is 0 Å². The maximum absolute atomic E-state index is 13.1. The Labute approximate surface area is 191 Å². The van der Waals surface area contributed by atoms with Crippen molar-refractivity contribution in [3.63, 3.8) is 0 Å². The van der Waals surface area contributed by atoms with Gasteiger partial charge < -0.3 is 0 Å². The van der Waals surface area contributed by atoms with Gasteiger partial charge in [0.15, 0.2) is 0 Å². The highest BCUT2D eigenvalue weighted by molar-refractivity contribution is 7.92. The second-order valence-corrected chi connectivity index (χ2v) is 10.7. The molecule has 2 aliphatic rings. The molecule has 1 N–H and O–H groups in total. The van der Waals surface area contributed by atoms with E-state index in [1.807, 2.05) is 37.3 Å². The second-order valence-electron chi connectivity index (χ2n) is 9.02. The molecule has 0 bridgehead atoms. The third kappa shape index (κ3) is 4.19. The number of anilines is 1. The number of benzene rings is 3. The van der Waals surface area contributed by atoms with E-state index in [-0.39, 0.29) is 0 Å². The minimum absolute atomic E-state index is 0.383. The van der Waals surface area contributed by atoms with Gasteiger partial charge in [-0.15, -0.1) is 0 Å². The molecule has 0 spiro atoms. The van der Waals surface area contributed by atoms with Crippen LogP contribution in [0.4, 0.5) is 5.69 Å². The predicted molar refractivity (Wildman–Crippen MR) is 130 cm³/mol. The summed E-state index contributed by atoms with van der Waals surface area (Å²) in [4.78, 5) is 3.00. The summed E-state index contributed by atoms with van der Waals surface area (Å²) < 4.78 is 29.0. The van der Waals surface area contributed by atoms with E-state index >= 15 is 0 Å². The van der Waals surface area contributed by atoms with Gasteiger partial charge in [-0.2, -0.15) is 0 Å². The van der Waals surface area contributed by atoms with Gasteiger partial charge in [0.05, 0.1) is 4.90 Å². The minimum Gasteiger partial charge on any atom is -0.296 e. The zero-order valence-electron chi connectivity index (χ0n) is 18.5. The first-order valence-corrected chi connectivity index (χ1v) is 13.0. The largest absolute Gasteiger partial charge is 0.296 e. The molecular weight excluding hydrogens is 416 g/mol. The maximum atomic E-state index is 13.1. The predicted octanol–water partition coefficient (Wildman–Crippen LogP) is 5.27. The molecule has 1 heterocycles. The van der Waals surface area contributed by atoms with Crippen LogP contribution in [-0.2, 0) is 29.3 Å². The monoisotopic (exact) mass is 446 g/mol. The van der Waals surface area contributed by atoms with Crippen LogP contribution in [0, 0.1) is 6.92 Å². The molecule has 166 valence electrons. The van der Waals surface area contributed by atoms with Gasteiger partial charge in [-0.05, 0) is 91.6 Å². The molecule has 3 aromatic carbocycles.